The minimum Gasteiger partial charge on any atom is -0.504 e. The molecule has 2 aliphatic carbocycles. The first-order chi connectivity index (χ1) is 18.6. The quantitative estimate of drug-likeness (QED) is 0.485. The number of carbonyl (C=O) groups is 2. The molecule has 4 aliphatic rings. The van der Waals surface area contributed by atoms with Crippen molar-refractivity contribution in [1.82, 2.24) is 10.2 Å². The van der Waals surface area contributed by atoms with Crippen LogP contribution < -0.4 is 10.1 Å². The molecular weight excluding hydrogens is 512 g/mol. The molecule has 40 heavy (non-hydrogen) atoms. The second-order valence-corrected chi connectivity index (χ2v) is 14.0. The summed E-state index contributed by atoms with van der Waals surface area (Å²) in [6, 6.07) is 2.98. The number of phenols is 1. The zero-order valence-corrected chi connectivity index (χ0v) is 25.3. The van der Waals surface area contributed by atoms with Crippen molar-refractivity contribution in [2.45, 2.75) is 127 Å². The second kappa shape index (κ2) is 9.88. The number of nitrogens with zero attached hydrogens (tertiary/aromatic N) is 1. The van der Waals surface area contributed by atoms with Gasteiger partial charge in [-0.05, 0) is 98.9 Å². The Balaban J connectivity index is 1.48. The van der Waals surface area contributed by atoms with Crippen molar-refractivity contribution in [3.63, 3.8) is 0 Å². The van der Waals surface area contributed by atoms with E-state index in [1.807, 2.05) is 47.6 Å². The van der Waals surface area contributed by atoms with Crippen LogP contribution in [0.5, 0.6) is 11.5 Å². The fraction of sp³-hybridized carbons (Fsp3) is 0.742. The van der Waals surface area contributed by atoms with Crippen molar-refractivity contribution >= 4 is 11.9 Å². The van der Waals surface area contributed by atoms with Gasteiger partial charge in [0.15, 0.2) is 11.5 Å². The molecule has 0 amide bonds. The zero-order chi connectivity index (χ0) is 29.3. The molecule has 0 radical (unpaired) electrons. The van der Waals surface area contributed by atoms with Crippen LogP contribution in [0.1, 0.15) is 84.8 Å². The van der Waals surface area contributed by atoms with Gasteiger partial charge >= 0.3 is 11.9 Å². The third kappa shape index (κ3) is 4.68. The molecule has 5 rings (SSSR count). The number of likely N-dealkylation sites (N-methyl/N-ethyl adjacent to an activating group) is 1. The number of hydrogen-bond acceptors (Lipinski definition) is 9. The van der Waals surface area contributed by atoms with Crippen molar-refractivity contribution < 1.29 is 33.6 Å². The van der Waals surface area contributed by atoms with E-state index >= 15 is 0 Å². The van der Waals surface area contributed by atoms with Crippen LogP contribution in [-0.4, -0.2) is 83.7 Å². The molecule has 1 saturated heterocycles. The molecule has 1 spiro atoms. The van der Waals surface area contributed by atoms with Crippen molar-refractivity contribution in [2.24, 2.45) is 0 Å². The molecule has 2 bridgehead atoms. The lowest BCUT2D eigenvalue weighted by Gasteiger charge is -2.65. The molecule has 9 nitrogen and oxygen atoms in total. The van der Waals surface area contributed by atoms with Gasteiger partial charge in [-0.1, -0.05) is 6.07 Å². The first-order valence-corrected chi connectivity index (χ1v) is 14.6. The molecule has 1 saturated carbocycles. The standard InChI is InChI=1S/C31H46N2O7/c1-28(2,3)39-23(35)12-10-20(27(36)40-29(4,5)6)32-19-13-14-31(37-8)22-17-18-9-11-21(34)25-24(18)30(31,26(19)38-25)15-16-33(22)7/h9,11,19-20,22,26,32,34H,10,12-17H2,1-8H3/t19-,20+,22-,26+,30+,31-/m1/s1. The monoisotopic (exact) mass is 558 g/mol. The third-order valence-corrected chi connectivity index (χ3v) is 9.22. The van der Waals surface area contributed by atoms with E-state index in [2.05, 4.69) is 17.3 Å². The summed E-state index contributed by atoms with van der Waals surface area (Å²) in [6.45, 7) is 11.9. The van der Waals surface area contributed by atoms with E-state index in [9.17, 15) is 14.7 Å². The highest BCUT2D eigenvalue weighted by Gasteiger charge is 2.73. The maximum atomic E-state index is 13.5. The van der Waals surface area contributed by atoms with Crippen molar-refractivity contribution in [2.75, 3.05) is 20.7 Å². The van der Waals surface area contributed by atoms with Crippen LogP contribution in [-0.2, 0) is 35.6 Å². The molecule has 0 unspecified atom stereocenters. The lowest BCUT2D eigenvalue weighted by atomic mass is 9.48. The predicted octanol–water partition coefficient (Wildman–Crippen LogP) is 3.62. The summed E-state index contributed by atoms with van der Waals surface area (Å²) in [5.74, 6) is -0.0745. The Bertz CT molecular complexity index is 1170. The van der Waals surface area contributed by atoms with Crippen molar-refractivity contribution in [3.8, 4) is 11.5 Å². The van der Waals surface area contributed by atoms with E-state index in [1.54, 1.807) is 13.2 Å². The average Bonchev–Trinajstić information content (AvgIpc) is 3.20. The van der Waals surface area contributed by atoms with Gasteiger partial charge in [0.05, 0.1) is 11.0 Å². The molecule has 2 N–H and O–H groups in total. The molecule has 1 aromatic rings. The Morgan fingerprint density at radius 2 is 1.85 bits per heavy atom. The van der Waals surface area contributed by atoms with Crippen LogP contribution in [0.25, 0.3) is 0 Å². The summed E-state index contributed by atoms with van der Waals surface area (Å²) in [5.41, 5.74) is 0.0244. The van der Waals surface area contributed by atoms with Gasteiger partial charge in [0.25, 0.3) is 0 Å². The summed E-state index contributed by atoms with van der Waals surface area (Å²) < 4.78 is 24.5. The first kappa shape index (κ1) is 29.1. The maximum absolute atomic E-state index is 13.5. The Hall–Kier alpha value is -2.36. The number of benzene rings is 1. The van der Waals surface area contributed by atoms with E-state index in [0.717, 1.165) is 31.4 Å². The van der Waals surface area contributed by atoms with Crippen LogP contribution in [0.2, 0.25) is 0 Å². The highest BCUT2D eigenvalue weighted by Crippen LogP contribution is 2.66. The molecule has 9 heteroatoms. The molecule has 0 aromatic heterocycles. The Morgan fingerprint density at radius 1 is 1.15 bits per heavy atom. The number of ether oxygens (including phenoxy) is 4. The average molecular weight is 559 g/mol. The SMILES string of the molecule is CO[C@@]12CC[C@@H](N[C@@H](CCC(=O)OC(C)(C)C)C(=O)OC(C)(C)C)[C@@H]3Oc4c(O)ccc5c4[C@@]31CCN(C)[C@@H]2C5. The van der Waals surface area contributed by atoms with Gasteiger partial charge in [0.1, 0.15) is 23.3 Å². The predicted molar refractivity (Wildman–Crippen MR) is 150 cm³/mol. The van der Waals surface area contributed by atoms with E-state index in [0.29, 0.717) is 12.2 Å². The summed E-state index contributed by atoms with van der Waals surface area (Å²) in [4.78, 5) is 28.4. The Kier molecular flexibility index (Phi) is 7.20. The second-order valence-electron chi connectivity index (χ2n) is 14.0. The third-order valence-electron chi connectivity index (χ3n) is 9.22. The van der Waals surface area contributed by atoms with Gasteiger partial charge < -0.3 is 29.0 Å². The molecule has 1 aromatic carbocycles. The normalized spacial score (nSPS) is 31.6. The van der Waals surface area contributed by atoms with Gasteiger partial charge in [-0.2, -0.15) is 0 Å². The number of likely N-dealkylation sites (tertiary alicyclic amines) is 1. The fourth-order valence-corrected chi connectivity index (χ4v) is 7.87. The van der Waals surface area contributed by atoms with E-state index in [1.165, 1.54) is 5.56 Å². The molecule has 6 atom stereocenters. The zero-order valence-electron chi connectivity index (χ0n) is 25.3. The number of nitrogens with one attached hydrogen (secondary N) is 1. The number of esters is 2. The summed E-state index contributed by atoms with van der Waals surface area (Å²) >= 11 is 0. The lowest BCUT2D eigenvalue weighted by molar-refractivity contribution is -0.204. The Labute approximate surface area is 237 Å². The van der Waals surface area contributed by atoms with Gasteiger partial charge in [0.2, 0.25) is 0 Å². The van der Waals surface area contributed by atoms with Gasteiger partial charge in [0, 0.05) is 31.2 Å². The van der Waals surface area contributed by atoms with Crippen LogP contribution in [0, 0.1) is 0 Å². The fourth-order valence-electron chi connectivity index (χ4n) is 7.87. The van der Waals surface area contributed by atoms with Crippen molar-refractivity contribution in [1.29, 1.82) is 0 Å². The smallest absolute Gasteiger partial charge is 0.323 e. The number of hydrogen-bond donors (Lipinski definition) is 2. The first-order valence-electron chi connectivity index (χ1n) is 14.6. The minimum absolute atomic E-state index is 0.0810. The molecular formula is C31H46N2O7. The number of piperidine rings is 1. The minimum atomic E-state index is -0.728. The number of carbonyl (C=O) groups excluding carboxylic acids is 2. The van der Waals surface area contributed by atoms with Gasteiger partial charge in [-0.15, -0.1) is 0 Å². The molecule has 2 aliphatic heterocycles. The van der Waals surface area contributed by atoms with Crippen molar-refractivity contribution in [3.05, 3.63) is 23.3 Å². The summed E-state index contributed by atoms with van der Waals surface area (Å²) in [5, 5.41) is 14.5. The largest absolute Gasteiger partial charge is 0.504 e. The van der Waals surface area contributed by atoms with Crippen LogP contribution in [0.4, 0.5) is 0 Å². The highest BCUT2D eigenvalue weighted by atomic mass is 16.6. The number of phenolic OH excluding ortho intramolecular Hbond substituents is 1. The van der Waals surface area contributed by atoms with E-state index in [-0.39, 0.29) is 42.7 Å². The highest BCUT2D eigenvalue weighted by molar-refractivity contribution is 5.78. The number of rotatable bonds is 7. The number of methoxy groups -OCH3 is 1. The van der Waals surface area contributed by atoms with Crippen LogP contribution >= 0.6 is 0 Å². The topological polar surface area (TPSA) is 107 Å². The molecule has 222 valence electrons. The van der Waals surface area contributed by atoms with Gasteiger partial charge in [-0.25, -0.2) is 0 Å². The van der Waals surface area contributed by atoms with Crippen LogP contribution in [0.3, 0.4) is 0 Å². The Morgan fingerprint density at radius 3 is 2.50 bits per heavy atom. The van der Waals surface area contributed by atoms with Crippen LogP contribution in [0.15, 0.2) is 12.1 Å². The maximum Gasteiger partial charge on any atom is 0.323 e. The molecule has 2 heterocycles. The lowest BCUT2D eigenvalue weighted by Crippen LogP contribution is -2.78. The van der Waals surface area contributed by atoms with E-state index in [4.69, 9.17) is 18.9 Å². The number of aromatic hydroxyl groups is 1. The summed E-state index contributed by atoms with van der Waals surface area (Å²) in [7, 11) is 3.96. The summed E-state index contributed by atoms with van der Waals surface area (Å²) in [6.07, 6.45) is 3.10. The molecule has 2 fully saturated rings. The van der Waals surface area contributed by atoms with Gasteiger partial charge in [-0.3, -0.25) is 14.9 Å². The van der Waals surface area contributed by atoms with E-state index < -0.39 is 34.2 Å².